The highest BCUT2D eigenvalue weighted by Gasteiger charge is 2.15. The maximum atomic E-state index is 13.4. The molecule has 3 rings (SSSR count). The topological polar surface area (TPSA) is 67.3 Å². The molecule has 2 aromatic rings. The van der Waals surface area contributed by atoms with Gasteiger partial charge in [0.05, 0.1) is 23.6 Å². The van der Waals surface area contributed by atoms with Gasteiger partial charge in [-0.2, -0.15) is 0 Å². The molecule has 0 spiro atoms. The summed E-state index contributed by atoms with van der Waals surface area (Å²) in [6.45, 7) is 0.449. The van der Waals surface area contributed by atoms with E-state index >= 15 is 0 Å². The standard InChI is InChI=1S/C17H15F3N4/c18-12-7-11(8-13(19)17(12)20)16-2-1-5-24(23-16)9-10-3-4-14(21)15(22)6-10/h1-8,23H,9,21-22H2. The average molecular weight is 332 g/mol. The van der Waals surface area contributed by atoms with Gasteiger partial charge < -0.3 is 11.5 Å². The van der Waals surface area contributed by atoms with Crippen molar-refractivity contribution in [1.29, 1.82) is 0 Å². The van der Waals surface area contributed by atoms with Crippen LogP contribution in [0.25, 0.3) is 5.70 Å². The van der Waals surface area contributed by atoms with Gasteiger partial charge in [0.2, 0.25) is 0 Å². The van der Waals surface area contributed by atoms with E-state index in [9.17, 15) is 13.2 Å². The number of nitrogen functional groups attached to an aromatic ring is 2. The Balaban J connectivity index is 1.78. The fourth-order valence-corrected chi connectivity index (χ4v) is 2.36. The summed E-state index contributed by atoms with van der Waals surface area (Å²) in [7, 11) is 0. The SMILES string of the molecule is Nc1ccc(CN2C=CC=C(c3cc(F)c(F)c(F)c3)N2)cc1N. The first-order valence-electron chi connectivity index (χ1n) is 7.14. The molecule has 7 heteroatoms. The van der Waals surface area contributed by atoms with Gasteiger partial charge >= 0.3 is 0 Å². The first-order valence-corrected chi connectivity index (χ1v) is 7.14. The van der Waals surface area contributed by atoms with Crippen molar-refractivity contribution < 1.29 is 13.2 Å². The Bertz CT molecular complexity index is 823. The lowest BCUT2D eigenvalue weighted by Crippen LogP contribution is -2.33. The molecule has 1 aliphatic heterocycles. The second-order valence-corrected chi connectivity index (χ2v) is 5.38. The van der Waals surface area contributed by atoms with Crippen LogP contribution in [0.2, 0.25) is 0 Å². The molecule has 0 radical (unpaired) electrons. The first kappa shape index (κ1) is 15.8. The Kier molecular flexibility index (Phi) is 4.07. The molecule has 124 valence electrons. The van der Waals surface area contributed by atoms with E-state index in [2.05, 4.69) is 5.43 Å². The molecule has 4 nitrogen and oxygen atoms in total. The molecular formula is C17H15F3N4. The zero-order valence-corrected chi connectivity index (χ0v) is 12.6. The van der Waals surface area contributed by atoms with E-state index in [0.717, 1.165) is 17.7 Å². The number of anilines is 2. The Morgan fingerprint density at radius 2 is 1.67 bits per heavy atom. The molecule has 0 aromatic heterocycles. The maximum Gasteiger partial charge on any atom is 0.194 e. The van der Waals surface area contributed by atoms with E-state index in [-0.39, 0.29) is 5.56 Å². The molecule has 0 atom stereocenters. The third-order valence-corrected chi connectivity index (χ3v) is 3.59. The minimum Gasteiger partial charge on any atom is -0.397 e. The van der Waals surface area contributed by atoms with Crippen LogP contribution in [0.5, 0.6) is 0 Å². The average Bonchev–Trinajstić information content (AvgIpc) is 2.56. The van der Waals surface area contributed by atoms with Crippen molar-refractivity contribution in [2.45, 2.75) is 6.54 Å². The number of nitrogens with two attached hydrogens (primary N) is 2. The van der Waals surface area contributed by atoms with Crippen LogP contribution in [0.4, 0.5) is 24.5 Å². The third kappa shape index (κ3) is 3.15. The minimum absolute atomic E-state index is 0.206. The number of allylic oxidation sites excluding steroid dienone is 2. The summed E-state index contributed by atoms with van der Waals surface area (Å²) in [6, 6.07) is 7.17. The number of benzene rings is 2. The van der Waals surface area contributed by atoms with E-state index in [4.69, 9.17) is 11.5 Å². The van der Waals surface area contributed by atoms with Crippen LogP contribution in [0.1, 0.15) is 11.1 Å². The van der Waals surface area contributed by atoms with E-state index in [1.54, 1.807) is 35.5 Å². The number of hydrazine groups is 1. The van der Waals surface area contributed by atoms with Crippen LogP contribution in [0.3, 0.4) is 0 Å². The van der Waals surface area contributed by atoms with Crippen molar-refractivity contribution in [2.24, 2.45) is 0 Å². The summed E-state index contributed by atoms with van der Waals surface area (Å²) in [5, 5.41) is 1.71. The molecule has 0 unspecified atom stereocenters. The second-order valence-electron chi connectivity index (χ2n) is 5.38. The fourth-order valence-electron chi connectivity index (χ4n) is 2.36. The lowest BCUT2D eigenvalue weighted by molar-refractivity contribution is 0.313. The first-order chi connectivity index (χ1) is 11.4. The van der Waals surface area contributed by atoms with E-state index in [1.807, 2.05) is 6.07 Å². The van der Waals surface area contributed by atoms with Crippen molar-refractivity contribution in [3.8, 4) is 0 Å². The summed E-state index contributed by atoms with van der Waals surface area (Å²) in [4.78, 5) is 0. The highest BCUT2D eigenvalue weighted by atomic mass is 19.2. The Labute approximate surface area is 136 Å². The molecule has 0 fully saturated rings. The van der Waals surface area contributed by atoms with Crippen molar-refractivity contribution in [3.63, 3.8) is 0 Å². The van der Waals surface area contributed by atoms with Crippen LogP contribution in [-0.4, -0.2) is 5.01 Å². The van der Waals surface area contributed by atoms with Crippen LogP contribution in [0.15, 0.2) is 48.7 Å². The van der Waals surface area contributed by atoms with Gasteiger partial charge in [0.25, 0.3) is 0 Å². The van der Waals surface area contributed by atoms with Crippen LogP contribution in [-0.2, 0) is 6.54 Å². The number of hydrogen-bond donors (Lipinski definition) is 3. The Morgan fingerprint density at radius 3 is 2.33 bits per heavy atom. The fraction of sp³-hybridized carbons (Fsp3) is 0.0588. The van der Waals surface area contributed by atoms with Gasteiger partial charge in [-0.15, -0.1) is 0 Å². The molecule has 0 saturated carbocycles. The monoisotopic (exact) mass is 332 g/mol. The number of nitrogens with one attached hydrogen (secondary N) is 1. The van der Waals surface area contributed by atoms with Gasteiger partial charge in [-0.05, 0) is 42.0 Å². The molecule has 2 aromatic carbocycles. The Morgan fingerprint density at radius 1 is 0.958 bits per heavy atom. The smallest absolute Gasteiger partial charge is 0.194 e. The number of hydrogen-bond acceptors (Lipinski definition) is 4. The van der Waals surface area contributed by atoms with Crippen LogP contribution in [0, 0.1) is 17.5 Å². The van der Waals surface area contributed by atoms with E-state index in [0.29, 0.717) is 23.6 Å². The second kappa shape index (κ2) is 6.19. The van der Waals surface area contributed by atoms with E-state index < -0.39 is 17.5 Å². The summed E-state index contributed by atoms with van der Waals surface area (Å²) in [5.74, 6) is -3.96. The summed E-state index contributed by atoms with van der Waals surface area (Å²) < 4.78 is 39.9. The number of nitrogens with zero attached hydrogens (tertiary/aromatic N) is 1. The molecule has 5 N–H and O–H groups in total. The quantitative estimate of drug-likeness (QED) is 0.597. The molecule has 1 heterocycles. The summed E-state index contributed by atoms with van der Waals surface area (Å²) in [5.41, 5.74) is 17.0. The van der Waals surface area contributed by atoms with Gasteiger partial charge in [-0.3, -0.25) is 10.4 Å². The normalized spacial score (nSPS) is 13.6. The predicted octanol–water partition coefficient (Wildman–Crippen LogP) is 3.14. The van der Waals surface area contributed by atoms with Crippen molar-refractivity contribution >= 4 is 17.1 Å². The molecule has 0 amide bonds. The summed E-state index contributed by atoms with van der Waals surface area (Å²) >= 11 is 0. The number of rotatable bonds is 3. The lowest BCUT2D eigenvalue weighted by atomic mass is 10.1. The van der Waals surface area contributed by atoms with Crippen LogP contribution >= 0.6 is 0 Å². The zero-order valence-electron chi connectivity index (χ0n) is 12.6. The molecular weight excluding hydrogens is 317 g/mol. The van der Waals surface area contributed by atoms with Gasteiger partial charge in [-0.1, -0.05) is 6.07 Å². The van der Waals surface area contributed by atoms with Gasteiger partial charge in [0.1, 0.15) is 0 Å². The molecule has 0 bridgehead atoms. The largest absolute Gasteiger partial charge is 0.397 e. The summed E-state index contributed by atoms with van der Waals surface area (Å²) in [6.07, 6.45) is 5.11. The van der Waals surface area contributed by atoms with Gasteiger partial charge in [-0.25, -0.2) is 13.2 Å². The maximum absolute atomic E-state index is 13.4. The highest BCUT2D eigenvalue weighted by Crippen LogP contribution is 2.22. The highest BCUT2D eigenvalue weighted by molar-refractivity contribution is 5.66. The molecule has 0 saturated heterocycles. The number of halogens is 3. The molecule has 1 aliphatic rings. The lowest BCUT2D eigenvalue weighted by Gasteiger charge is -2.27. The third-order valence-electron chi connectivity index (χ3n) is 3.59. The zero-order chi connectivity index (χ0) is 17.3. The van der Waals surface area contributed by atoms with Gasteiger partial charge in [0.15, 0.2) is 17.5 Å². The van der Waals surface area contributed by atoms with Crippen molar-refractivity contribution in [1.82, 2.24) is 10.4 Å². The molecule has 0 aliphatic carbocycles. The Hall–Kier alpha value is -3.09. The van der Waals surface area contributed by atoms with E-state index in [1.165, 1.54) is 0 Å². The molecule has 24 heavy (non-hydrogen) atoms. The van der Waals surface area contributed by atoms with Crippen molar-refractivity contribution in [3.05, 3.63) is 77.3 Å². The van der Waals surface area contributed by atoms with Gasteiger partial charge in [0, 0.05) is 11.8 Å². The predicted molar refractivity (Wildman–Crippen MR) is 87.4 cm³/mol. The minimum atomic E-state index is -1.49. The van der Waals surface area contributed by atoms with Crippen molar-refractivity contribution in [2.75, 3.05) is 11.5 Å². The van der Waals surface area contributed by atoms with Crippen LogP contribution < -0.4 is 16.9 Å².